The maximum absolute atomic E-state index is 12.9. The van der Waals surface area contributed by atoms with Crippen LogP contribution in [0.3, 0.4) is 0 Å². The minimum atomic E-state index is -0.180. The van der Waals surface area contributed by atoms with Crippen LogP contribution in [-0.2, 0) is 4.79 Å². The van der Waals surface area contributed by atoms with Crippen molar-refractivity contribution in [1.82, 2.24) is 9.80 Å². The molecule has 1 N–H and O–H groups in total. The third-order valence-electron chi connectivity index (χ3n) is 6.18. The first kappa shape index (κ1) is 16.9. The summed E-state index contributed by atoms with van der Waals surface area (Å²) in [4.78, 5) is 17.3. The Kier molecular flexibility index (Phi) is 4.69. The summed E-state index contributed by atoms with van der Waals surface area (Å²) in [5.41, 5.74) is 1.16. The average Bonchev–Trinajstić information content (AvgIpc) is 3.34. The standard InChI is InChI=1S/C20H28N2O3/c1-25-19-8-3-2-5-14(19)15-13-16(15)20(24)22-11-9-21(10-12-22)17-6-4-7-18(17)23/h2-3,5,8,15-18,23H,4,6-7,9-13H2,1H3/t15-,16-,17+,18+/m0/s1. The van der Waals surface area contributed by atoms with Crippen molar-refractivity contribution in [3.63, 3.8) is 0 Å². The molecule has 3 aliphatic rings. The highest BCUT2D eigenvalue weighted by molar-refractivity contribution is 5.83. The highest BCUT2D eigenvalue weighted by Crippen LogP contribution is 2.51. The zero-order chi connectivity index (χ0) is 17.4. The van der Waals surface area contributed by atoms with Crippen molar-refractivity contribution < 1.29 is 14.6 Å². The Labute approximate surface area is 149 Å². The summed E-state index contributed by atoms with van der Waals surface area (Å²) in [5.74, 6) is 1.60. The van der Waals surface area contributed by atoms with Gasteiger partial charge in [0.05, 0.1) is 13.2 Å². The fourth-order valence-electron chi connectivity index (χ4n) is 4.64. The normalized spacial score (nSPS) is 32.6. The van der Waals surface area contributed by atoms with E-state index in [0.717, 1.165) is 63.2 Å². The average molecular weight is 344 g/mol. The molecule has 5 nitrogen and oxygen atoms in total. The molecule has 0 aromatic heterocycles. The summed E-state index contributed by atoms with van der Waals surface area (Å²) < 4.78 is 5.45. The van der Waals surface area contributed by atoms with Crippen molar-refractivity contribution in [3.8, 4) is 5.75 Å². The van der Waals surface area contributed by atoms with Crippen LogP contribution in [-0.4, -0.2) is 66.2 Å². The van der Waals surface area contributed by atoms with Crippen LogP contribution in [0, 0.1) is 5.92 Å². The summed E-state index contributed by atoms with van der Waals surface area (Å²) >= 11 is 0. The van der Waals surface area contributed by atoms with Gasteiger partial charge in [0, 0.05) is 38.1 Å². The maximum Gasteiger partial charge on any atom is 0.226 e. The van der Waals surface area contributed by atoms with Crippen LogP contribution in [0.2, 0.25) is 0 Å². The van der Waals surface area contributed by atoms with Crippen molar-refractivity contribution in [2.24, 2.45) is 5.92 Å². The van der Waals surface area contributed by atoms with Gasteiger partial charge < -0.3 is 14.7 Å². The van der Waals surface area contributed by atoms with Gasteiger partial charge in [-0.15, -0.1) is 0 Å². The van der Waals surface area contributed by atoms with Crippen LogP contribution in [0.4, 0.5) is 0 Å². The van der Waals surface area contributed by atoms with Gasteiger partial charge in [-0.1, -0.05) is 18.2 Å². The van der Waals surface area contributed by atoms with Crippen LogP contribution in [0.5, 0.6) is 5.75 Å². The number of piperazine rings is 1. The SMILES string of the molecule is COc1ccccc1[C@@H]1C[C@@H]1C(=O)N1CCN([C@@H]2CCC[C@H]2O)CC1. The van der Waals surface area contributed by atoms with Gasteiger partial charge in [-0.25, -0.2) is 0 Å². The van der Waals surface area contributed by atoms with E-state index in [2.05, 4.69) is 11.0 Å². The highest BCUT2D eigenvalue weighted by Gasteiger charge is 2.47. The molecule has 25 heavy (non-hydrogen) atoms. The lowest BCUT2D eigenvalue weighted by atomic mass is 10.1. The third-order valence-corrected chi connectivity index (χ3v) is 6.18. The van der Waals surface area contributed by atoms with Crippen molar-refractivity contribution >= 4 is 5.91 Å². The van der Waals surface area contributed by atoms with Crippen molar-refractivity contribution in [2.75, 3.05) is 33.3 Å². The molecule has 3 fully saturated rings. The second-order valence-corrected chi connectivity index (χ2v) is 7.62. The van der Waals surface area contributed by atoms with E-state index < -0.39 is 0 Å². The number of rotatable bonds is 4. The Morgan fingerprint density at radius 3 is 2.60 bits per heavy atom. The Morgan fingerprint density at radius 1 is 1.16 bits per heavy atom. The highest BCUT2D eigenvalue weighted by atomic mass is 16.5. The maximum atomic E-state index is 12.9. The number of hydrogen-bond acceptors (Lipinski definition) is 4. The lowest BCUT2D eigenvalue weighted by Gasteiger charge is -2.39. The molecule has 0 bridgehead atoms. The predicted octanol–water partition coefficient (Wildman–Crippen LogP) is 1.86. The number of methoxy groups -OCH3 is 1. The van der Waals surface area contributed by atoms with E-state index in [9.17, 15) is 9.90 Å². The molecule has 2 aliphatic carbocycles. The first-order valence-corrected chi connectivity index (χ1v) is 9.53. The van der Waals surface area contributed by atoms with E-state index >= 15 is 0 Å². The molecule has 1 heterocycles. The third kappa shape index (κ3) is 3.27. The Bertz CT molecular complexity index is 627. The molecule has 0 unspecified atom stereocenters. The molecule has 4 atom stereocenters. The smallest absolute Gasteiger partial charge is 0.226 e. The van der Waals surface area contributed by atoms with Gasteiger partial charge in [0.15, 0.2) is 0 Å². The number of carbonyl (C=O) groups is 1. The Hall–Kier alpha value is -1.59. The van der Waals surface area contributed by atoms with Crippen LogP contribution in [0.1, 0.15) is 37.2 Å². The molecule has 0 spiro atoms. The lowest BCUT2D eigenvalue weighted by Crippen LogP contribution is -2.54. The van der Waals surface area contributed by atoms with Gasteiger partial charge >= 0.3 is 0 Å². The first-order valence-electron chi connectivity index (χ1n) is 9.53. The Balaban J connectivity index is 1.33. The number of ether oxygens (including phenoxy) is 1. The summed E-state index contributed by atoms with van der Waals surface area (Å²) in [6.45, 7) is 3.35. The first-order chi connectivity index (χ1) is 12.2. The molecule has 1 aliphatic heterocycles. The number of nitrogens with zero attached hydrogens (tertiary/aromatic N) is 2. The van der Waals surface area contributed by atoms with Crippen LogP contribution < -0.4 is 4.74 Å². The van der Waals surface area contributed by atoms with Gasteiger partial charge in [-0.2, -0.15) is 0 Å². The second kappa shape index (κ2) is 6.96. The van der Waals surface area contributed by atoms with Crippen molar-refractivity contribution in [3.05, 3.63) is 29.8 Å². The molecular formula is C20H28N2O3. The number of hydrogen-bond donors (Lipinski definition) is 1. The number of aliphatic hydroxyl groups is 1. The van der Waals surface area contributed by atoms with Gasteiger partial charge in [-0.05, 0) is 43.2 Å². The molecule has 4 rings (SSSR count). The topological polar surface area (TPSA) is 53.0 Å². The van der Waals surface area contributed by atoms with E-state index in [4.69, 9.17) is 4.74 Å². The van der Waals surface area contributed by atoms with Crippen molar-refractivity contribution in [1.29, 1.82) is 0 Å². The number of benzene rings is 1. The van der Waals surface area contributed by atoms with Crippen LogP contribution >= 0.6 is 0 Å². The number of carbonyl (C=O) groups excluding carboxylic acids is 1. The van der Waals surface area contributed by atoms with Gasteiger partial charge in [0.2, 0.25) is 5.91 Å². The molecule has 5 heteroatoms. The van der Waals surface area contributed by atoms with Gasteiger partial charge in [-0.3, -0.25) is 9.69 Å². The minimum absolute atomic E-state index is 0.111. The molecule has 136 valence electrons. The van der Waals surface area contributed by atoms with Gasteiger partial charge in [0.1, 0.15) is 5.75 Å². The van der Waals surface area contributed by atoms with E-state index in [-0.39, 0.29) is 12.0 Å². The molecule has 1 saturated heterocycles. The largest absolute Gasteiger partial charge is 0.496 e. The minimum Gasteiger partial charge on any atom is -0.496 e. The predicted molar refractivity (Wildman–Crippen MR) is 95.6 cm³/mol. The van der Waals surface area contributed by atoms with Crippen LogP contribution in [0.15, 0.2) is 24.3 Å². The molecule has 1 aromatic carbocycles. The van der Waals surface area contributed by atoms with E-state index in [1.165, 1.54) is 0 Å². The van der Waals surface area contributed by atoms with E-state index in [1.54, 1.807) is 7.11 Å². The summed E-state index contributed by atoms with van der Waals surface area (Å²) in [6.07, 6.45) is 3.88. The summed E-state index contributed by atoms with van der Waals surface area (Å²) in [6, 6.07) is 8.35. The second-order valence-electron chi connectivity index (χ2n) is 7.62. The number of amides is 1. The summed E-state index contributed by atoms with van der Waals surface area (Å²) in [5, 5.41) is 10.1. The summed E-state index contributed by atoms with van der Waals surface area (Å²) in [7, 11) is 1.69. The zero-order valence-corrected chi connectivity index (χ0v) is 14.9. The van der Waals surface area contributed by atoms with Gasteiger partial charge in [0.25, 0.3) is 0 Å². The van der Waals surface area contributed by atoms with Crippen LogP contribution in [0.25, 0.3) is 0 Å². The molecule has 1 amide bonds. The monoisotopic (exact) mass is 344 g/mol. The fourth-order valence-corrected chi connectivity index (χ4v) is 4.64. The number of aliphatic hydroxyl groups excluding tert-OH is 1. The van der Waals surface area contributed by atoms with E-state index in [1.807, 2.05) is 23.1 Å². The van der Waals surface area contributed by atoms with Crippen molar-refractivity contribution in [2.45, 2.75) is 43.7 Å². The molecule has 0 radical (unpaired) electrons. The zero-order valence-electron chi connectivity index (χ0n) is 14.9. The molecule has 1 aromatic rings. The molecule has 2 saturated carbocycles. The molecular weight excluding hydrogens is 316 g/mol. The number of para-hydroxylation sites is 1. The Morgan fingerprint density at radius 2 is 1.92 bits per heavy atom. The van der Waals surface area contributed by atoms with E-state index in [0.29, 0.717) is 17.9 Å². The lowest BCUT2D eigenvalue weighted by molar-refractivity contribution is -0.135. The quantitative estimate of drug-likeness (QED) is 0.906. The fraction of sp³-hybridized carbons (Fsp3) is 0.650.